The fourth-order valence-electron chi connectivity index (χ4n) is 3.67. The standard InChI is InChI=1S/C21H17N7O2S/c22-21-27-19-18-14(8-25-19)11-1-2-15-12(5-11)6-13(7-23-15)29-3-4-30-17-10-24-16(31-17)9-26-20(18)28-21/h1-2,5-8,10H,3-4,9H2,(H4,22,25,26,27,28). The molecule has 4 N–H and O–H groups in total. The molecule has 6 rings (SSSR count). The van der Waals surface area contributed by atoms with Gasteiger partial charge in [-0.3, -0.25) is 4.98 Å². The van der Waals surface area contributed by atoms with Gasteiger partial charge in [0, 0.05) is 17.1 Å². The van der Waals surface area contributed by atoms with Crippen LogP contribution in [0.3, 0.4) is 0 Å². The second kappa shape index (κ2) is 7.10. The van der Waals surface area contributed by atoms with Crippen molar-refractivity contribution in [2.45, 2.75) is 6.54 Å². The summed E-state index contributed by atoms with van der Waals surface area (Å²) in [5, 5.41) is 6.82. The van der Waals surface area contributed by atoms with Gasteiger partial charge in [0.15, 0.2) is 5.06 Å². The maximum Gasteiger partial charge on any atom is 0.223 e. The molecule has 0 fully saturated rings. The van der Waals surface area contributed by atoms with Crippen molar-refractivity contribution < 1.29 is 9.47 Å². The van der Waals surface area contributed by atoms with E-state index in [2.05, 4.69) is 36.3 Å². The Kier molecular flexibility index (Phi) is 4.10. The first-order valence-corrected chi connectivity index (χ1v) is 10.5. The monoisotopic (exact) mass is 431 g/mol. The third-order valence-electron chi connectivity index (χ3n) is 5.05. The number of anilines is 2. The molecule has 154 valence electrons. The van der Waals surface area contributed by atoms with Crippen molar-refractivity contribution in [2.75, 3.05) is 24.3 Å². The summed E-state index contributed by atoms with van der Waals surface area (Å²) in [6.07, 6.45) is 5.36. The van der Waals surface area contributed by atoms with Crippen molar-refractivity contribution in [3.63, 3.8) is 0 Å². The number of H-pyrrole nitrogens is 1. The van der Waals surface area contributed by atoms with Gasteiger partial charge in [0.05, 0.1) is 29.8 Å². The highest BCUT2D eigenvalue weighted by atomic mass is 32.1. The number of hydrogen-bond acceptors (Lipinski definition) is 9. The fourth-order valence-corrected chi connectivity index (χ4v) is 4.40. The number of nitrogens with one attached hydrogen (secondary N) is 2. The Balaban J connectivity index is 1.54. The Morgan fingerprint density at radius 1 is 1.03 bits per heavy atom. The lowest BCUT2D eigenvalue weighted by Crippen LogP contribution is -2.08. The minimum absolute atomic E-state index is 0.196. The quantitative estimate of drug-likeness (QED) is 0.340. The van der Waals surface area contributed by atoms with Crippen molar-refractivity contribution in [1.82, 2.24) is 24.9 Å². The van der Waals surface area contributed by atoms with Crippen LogP contribution in [-0.2, 0) is 6.54 Å². The molecule has 5 bridgehead atoms. The van der Waals surface area contributed by atoms with E-state index in [1.165, 1.54) is 11.3 Å². The molecule has 0 unspecified atom stereocenters. The van der Waals surface area contributed by atoms with Crippen LogP contribution in [0, 0.1) is 0 Å². The number of pyridine rings is 1. The lowest BCUT2D eigenvalue weighted by atomic mass is 10.0. The van der Waals surface area contributed by atoms with Gasteiger partial charge in [0.25, 0.3) is 0 Å². The summed E-state index contributed by atoms with van der Waals surface area (Å²) in [6, 6.07) is 8.09. The molecule has 31 heavy (non-hydrogen) atoms. The van der Waals surface area contributed by atoms with Gasteiger partial charge < -0.3 is 25.5 Å². The van der Waals surface area contributed by atoms with Crippen LogP contribution in [0.4, 0.5) is 11.8 Å². The number of aromatic nitrogens is 5. The number of fused-ring (bicyclic) bond motifs is 5. The van der Waals surface area contributed by atoms with Crippen molar-refractivity contribution in [2.24, 2.45) is 0 Å². The minimum atomic E-state index is 0.196. The molecule has 0 radical (unpaired) electrons. The molecule has 9 nitrogen and oxygen atoms in total. The lowest BCUT2D eigenvalue weighted by molar-refractivity contribution is 0.220. The molecule has 0 aliphatic carbocycles. The van der Waals surface area contributed by atoms with Crippen LogP contribution in [0.15, 0.2) is 42.9 Å². The Labute approximate surface area is 180 Å². The molecule has 0 saturated carbocycles. The van der Waals surface area contributed by atoms with E-state index in [1.54, 1.807) is 12.4 Å². The molecule has 1 aliphatic rings. The fraction of sp³-hybridized carbons (Fsp3) is 0.143. The zero-order valence-electron chi connectivity index (χ0n) is 16.3. The molecule has 4 aromatic heterocycles. The highest BCUT2D eigenvalue weighted by Gasteiger charge is 2.16. The Hall–Kier alpha value is -3.92. The number of ether oxygens (including phenoxy) is 2. The lowest BCUT2D eigenvalue weighted by Gasteiger charge is -2.09. The van der Waals surface area contributed by atoms with E-state index in [1.807, 2.05) is 24.4 Å². The first kappa shape index (κ1) is 17.9. The third kappa shape index (κ3) is 3.26. The van der Waals surface area contributed by atoms with Crippen molar-refractivity contribution >= 4 is 45.0 Å². The van der Waals surface area contributed by atoms with Crippen molar-refractivity contribution in [3.05, 3.63) is 47.9 Å². The number of nitrogen functional groups attached to an aromatic ring is 1. The summed E-state index contributed by atoms with van der Waals surface area (Å²) in [4.78, 5) is 21.0. The van der Waals surface area contributed by atoms with E-state index >= 15 is 0 Å². The van der Waals surface area contributed by atoms with Crippen molar-refractivity contribution in [3.8, 4) is 21.9 Å². The van der Waals surface area contributed by atoms with Gasteiger partial charge >= 0.3 is 0 Å². The maximum absolute atomic E-state index is 5.95. The van der Waals surface area contributed by atoms with E-state index in [9.17, 15) is 0 Å². The van der Waals surface area contributed by atoms with Gasteiger partial charge in [0.1, 0.15) is 35.4 Å². The number of hydrogen-bond donors (Lipinski definition) is 3. The Morgan fingerprint density at radius 2 is 1.97 bits per heavy atom. The van der Waals surface area contributed by atoms with Gasteiger partial charge in [-0.2, -0.15) is 9.97 Å². The first-order valence-electron chi connectivity index (χ1n) is 9.72. The first-order chi connectivity index (χ1) is 15.2. The number of aromatic amines is 1. The van der Waals surface area contributed by atoms with Crippen LogP contribution in [-0.4, -0.2) is 38.1 Å². The highest BCUT2D eigenvalue weighted by molar-refractivity contribution is 7.13. The maximum atomic E-state index is 5.95. The summed E-state index contributed by atoms with van der Waals surface area (Å²) in [5.74, 6) is 1.54. The van der Waals surface area contributed by atoms with E-state index in [0.29, 0.717) is 37.0 Å². The highest BCUT2D eigenvalue weighted by Crippen LogP contribution is 2.35. The zero-order valence-corrected chi connectivity index (χ0v) is 17.1. The van der Waals surface area contributed by atoms with Crippen LogP contribution in [0.25, 0.3) is 33.1 Å². The van der Waals surface area contributed by atoms with Crippen LogP contribution >= 0.6 is 11.3 Å². The SMILES string of the molecule is Nc1nc2c3c(c[nH]c3n1)-c1ccc3ncc(cc3c1)OCCOc1cnc(s1)CN2. The number of nitrogens with two attached hydrogens (primary N) is 1. The van der Waals surface area contributed by atoms with Gasteiger partial charge in [-0.05, 0) is 23.8 Å². The smallest absolute Gasteiger partial charge is 0.223 e. The number of rotatable bonds is 0. The summed E-state index contributed by atoms with van der Waals surface area (Å²) in [6.45, 7) is 1.32. The summed E-state index contributed by atoms with van der Waals surface area (Å²) >= 11 is 1.47. The number of nitrogens with zero attached hydrogens (tertiary/aromatic N) is 4. The van der Waals surface area contributed by atoms with Crippen LogP contribution in [0.2, 0.25) is 0 Å². The molecular weight excluding hydrogens is 414 g/mol. The molecule has 1 aliphatic heterocycles. The molecule has 0 spiro atoms. The molecular formula is C21H17N7O2S. The average molecular weight is 431 g/mol. The van der Waals surface area contributed by atoms with E-state index in [0.717, 1.165) is 37.5 Å². The summed E-state index contributed by atoms with van der Waals surface area (Å²) in [5.41, 5.74) is 9.49. The molecule has 5 heterocycles. The second-order valence-electron chi connectivity index (χ2n) is 7.06. The molecule has 0 atom stereocenters. The third-order valence-corrected chi connectivity index (χ3v) is 5.96. The van der Waals surface area contributed by atoms with Gasteiger partial charge in [-0.25, -0.2) is 4.98 Å². The predicted octanol–water partition coefficient (Wildman–Crippen LogP) is 3.60. The number of benzene rings is 1. The molecule has 0 saturated heterocycles. The zero-order chi connectivity index (χ0) is 20.8. The van der Waals surface area contributed by atoms with E-state index in [4.69, 9.17) is 15.2 Å². The van der Waals surface area contributed by atoms with Gasteiger partial charge in [0.2, 0.25) is 5.95 Å². The normalized spacial score (nSPS) is 13.7. The van der Waals surface area contributed by atoms with Gasteiger partial charge in [-0.1, -0.05) is 17.4 Å². The molecule has 0 amide bonds. The van der Waals surface area contributed by atoms with Crippen LogP contribution in [0.5, 0.6) is 10.8 Å². The summed E-state index contributed by atoms with van der Waals surface area (Å²) in [7, 11) is 0. The van der Waals surface area contributed by atoms with E-state index in [-0.39, 0.29) is 5.95 Å². The number of thiazole rings is 1. The summed E-state index contributed by atoms with van der Waals surface area (Å²) < 4.78 is 11.6. The average Bonchev–Trinajstić information content (AvgIpc) is 3.41. The van der Waals surface area contributed by atoms with Crippen LogP contribution in [0.1, 0.15) is 5.01 Å². The predicted molar refractivity (Wildman–Crippen MR) is 119 cm³/mol. The Morgan fingerprint density at radius 3 is 2.94 bits per heavy atom. The Bertz CT molecular complexity index is 1430. The molecule has 1 aromatic carbocycles. The molecule has 5 aromatic rings. The topological polar surface area (TPSA) is 124 Å². The molecule has 10 heteroatoms. The second-order valence-corrected chi connectivity index (χ2v) is 8.14. The van der Waals surface area contributed by atoms with Gasteiger partial charge in [-0.15, -0.1) is 0 Å². The minimum Gasteiger partial charge on any atom is -0.488 e. The largest absolute Gasteiger partial charge is 0.488 e. The van der Waals surface area contributed by atoms with E-state index < -0.39 is 0 Å². The van der Waals surface area contributed by atoms with Crippen molar-refractivity contribution in [1.29, 1.82) is 0 Å². The van der Waals surface area contributed by atoms with Crippen LogP contribution < -0.4 is 20.5 Å².